The summed E-state index contributed by atoms with van der Waals surface area (Å²) in [4.78, 5) is 12.5. The van der Waals surface area contributed by atoms with E-state index >= 15 is 0 Å². The van der Waals surface area contributed by atoms with Crippen molar-refractivity contribution in [1.82, 2.24) is 0 Å². The molecule has 0 heterocycles. The molecule has 0 aromatic rings. The van der Waals surface area contributed by atoms with Crippen molar-refractivity contribution < 1.29 is 9.53 Å². The molecule has 0 aromatic heterocycles. The lowest BCUT2D eigenvalue weighted by atomic mass is 9.48. The zero-order valence-electron chi connectivity index (χ0n) is 15.5. The van der Waals surface area contributed by atoms with Crippen molar-refractivity contribution in [1.29, 1.82) is 5.26 Å². The number of ether oxygens (including phenoxy) is 1. The van der Waals surface area contributed by atoms with Gasteiger partial charge in [-0.25, -0.2) is 0 Å². The fourth-order valence-corrected chi connectivity index (χ4v) is 6.93. The number of carbonyl (C=O) groups excluding carboxylic acids is 1. The Morgan fingerprint density at radius 2 is 2.12 bits per heavy atom. The van der Waals surface area contributed by atoms with Crippen molar-refractivity contribution in [3.8, 4) is 6.07 Å². The predicted octanol–water partition coefficient (Wildman–Crippen LogP) is 4.80. The van der Waals surface area contributed by atoms with Crippen LogP contribution in [0, 0.1) is 45.8 Å². The van der Waals surface area contributed by atoms with Crippen LogP contribution in [0.1, 0.15) is 58.8 Å². The molecule has 4 rings (SSSR count). The van der Waals surface area contributed by atoms with Gasteiger partial charge in [-0.05, 0) is 68.1 Å². The van der Waals surface area contributed by atoms with Gasteiger partial charge in [-0.2, -0.15) is 5.26 Å². The standard InChI is InChI=1S/C22H29NO2/c1-21-11-4-3-5-15(21)6-7-16-17-8-9-19(20(24)25-14-13-23)22(17,2)12-10-18(16)21/h4-5,11,16-19H,3,6-10,12,14H2,1-2H3/t16-,17-,18-,19+,21-,22-/m0/s1. The molecule has 0 bridgehead atoms. The molecule has 3 saturated carbocycles. The van der Waals surface area contributed by atoms with E-state index in [4.69, 9.17) is 10.00 Å². The highest BCUT2D eigenvalue weighted by atomic mass is 16.5. The van der Waals surface area contributed by atoms with Gasteiger partial charge in [-0.3, -0.25) is 4.79 Å². The first-order chi connectivity index (χ1) is 12.0. The fraction of sp³-hybridized carbons (Fsp3) is 0.727. The second-order valence-electron chi connectivity index (χ2n) is 9.01. The van der Waals surface area contributed by atoms with Gasteiger partial charge in [0.2, 0.25) is 0 Å². The normalized spacial score (nSPS) is 44.8. The zero-order chi connectivity index (χ0) is 17.7. The van der Waals surface area contributed by atoms with Crippen LogP contribution in [0.25, 0.3) is 0 Å². The van der Waals surface area contributed by atoms with Crippen molar-refractivity contribution in [2.45, 2.75) is 58.8 Å². The molecule has 0 aliphatic heterocycles. The molecule has 4 aliphatic carbocycles. The second-order valence-corrected chi connectivity index (χ2v) is 9.01. The molecule has 0 saturated heterocycles. The first-order valence-corrected chi connectivity index (χ1v) is 9.91. The Labute approximate surface area is 151 Å². The zero-order valence-corrected chi connectivity index (χ0v) is 15.5. The van der Waals surface area contributed by atoms with Crippen LogP contribution in [0.2, 0.25) is 0 Å². The molecule has 0 radical (unpaired) electrons. The van der Waals surface area contributed by atoms with Crippen LogP contribution in [0.5, 0.6) is 0 Å². The Hall–Kier alpha value is -1.56. The molecule has 0 N–H and O–H groups in total. The monoisotopic (exact) mass is 339 g/mol. The third-order valence-corrected chi connectivity index (χ3v) is 8.17. The summed E-state index contributed by atoms with van der Waals surface area (Å²) in [6.45, 7) is 4.66. The molecular weight excluding hydrogens is 310 g/mol. The summed E-state index contributed by atoms with van der Waals surface area (Å²) in [5, 5.41) is 8.71. The third-order valence-electron chi connectivity index (χ3n) is 8.17. The van der Waals surface area contributed by atoms with Crippen LogP contribution < -0.4 is 0 Å². The van der Waals surface area contributed by atoms with Crippen LogP contribution in [0.3, 0.4) is 0 Å². The molecule has 0 amide bonds. The van der Waals surface area contributed by atoms with Gasteiger partial charge < -0.3 is 4.74 Å². The van der Waals surface area contributed by atoms with Crippen LogP contribution in [0.15, 0.2) is 23.8 Å². The largest absolute Gasteiger partial charge is 0.450 e. The summed E-state index contributed by atoms with van der Waals surface area (Å²) in [7, 11) is 0. The van der Waals surface area contributed by atoms with E-state index in [1.54, 1.807) is 5.57 Å². The Balaban J connectivity index is 1.59. The molecule has 25 heavy (non-hydrogen) atoms. The Morgan fingerprint density at radius 1 is 1.28 bits per heavy atom. The topological polar surface area (TPSA) is 50.1 Å². The molecule has 3 fully saturated rings. The molecule has 3 nitrogen and oxygen atoms in total. The van der Waals surface area contributed by atoms with E-state index < -0.39 is 0 Å². The lowest BCUT2D eigenvalue weighted by molar-refractivity contribution is -0.154. The maximum atomic E-state index is 12.5. The minimum Gasteiger partial charge on any atom is -0.450 e. The van der Waals surface area contributed by atoms with Gasteiger partial charge in [0, 0.05) is 5.41 Å². The first-order valence-electron chi connectivity index (χ1n) is 9.91. The molecule has 6 atom stereocenters. The molecule has 0 unspecified atom stereocenters. The van der Waals surface area contributed by atoms with E-state index in [2.05, 4.69) is 32.1 Å². The van der Waals surface area contributed by atoms with E-state index in [1.165, 1.54) is 19.3 Å². The minimum atomic E-state index is -0.134. The number of rotatable bonds is 2. The fourth-order valence-electron chi connectivity index (χ4n) is 6.93. The van der Waals surface area contributed by atoms with E-state index in [1.807, 2.05) is 6.07 Å². The average molecular weight is 339 g/mol. The number of allylic oxidation sites excluding steroid dienone is 4. The van der Waals surface area contributed by atoms with Crippen LogP contribution in [0.4, 0.5) is 0 Å². The molecule has 134 valence electrons. The van der Waals surface area contributed by atoms with Crippen molar-refractivity contribution in [3.63, 3.8) is 0 Å². The predicted molar refractivity (Wildman–Crippen MR) is 96.3 cm³/mol. The highest BCUT2D eigenvalue weighted by molar-refractivity contribution is 5.74. The number of fused-ring (bicyclic) bond motifs is 5. The number of carbonyl (C=O) groups is 1. The Bertz CT molecular complexity index is 672. The van der Waals surface area contributed by atoms with Crippen molar-refractivity contribution in [3.05, 3.63) is 23.8 Å². The smallest absolute Gasteiger partial charge is 0.310 e. The summed E-state index contributed by atoms with van der Waals surface area (Å²) >= 11 is 0. The van der Waals surface area contributed by atoms with E-state index in [-0.39, 0.29) is 29.3 Å². The van der Waals surface area contributed by atoms with Crippen LogP contribution >= 0.6 is 0 Å². The van der Waals surface area contributed by atoms with Gasteiger partial charge in [-0.15, -0.1) is 0 Å². The first kappa shape index (κ1) is 16.9. The molecule has 0 spiro atoms. The lowest BCUT2D eigenvalue weighted by Crippen LogP contribution is -2.50. The van der Waals surface area contributed by atoms with E-state index in [0.29, 0.717) is 5.92 Å². The number of nitrogens with zero attached hydrogens (tertiary/aromatic N) is 1. The molecule has 0 aromatic carbocycles. The van der Waals surface area contributed by atoms with Gasteiger partial charge in [0.1, 0.15) is 6.07 Å². The third kappa shape index (κ3) is 2.40. The summed E-state index contributed by atoms with van der Waals surface area (Å²) in [6, 6.07) is 1.93. The van der Waals surface area contributed by atoms with Crippen molar-refractivity contribution >= 4 is 5.97 Å². The van der Waals surface area contributed by atoms with E-state index in [9.17, 15) is 4.79 Å². The second kappa shape index (κ2) is 6.01. The quantitative estimate of drug-likeness (QED) is 0.536. The number of esters is 1. The van der Waals surface area contributed by atoms with Crippen LogP contribution in [-0.4, -0.2) is 12.6 Å². The average Bonchev–Trinajstić information content (AvgIpc) is 2.96. The van der Waals surface area contributed by atoms with Crippen LogP contribution in [-0.2, 0) is 9.53 Å². The maximum absolute atomic E-state index is 12.5. The molecular formula is C22H29NO2. The Kier molecular flexibility index (Phi) is 4.06. The van der Waals surface area contributed by atoms with Gasteiger partial charge in [0.15, 0.2) is 6.61 Å². The number of nitriles is 1. The van der Waals surface area contributed by atoms with Crippen molar-refractivity contribution in [2.75, 3.05) is 6.61 Å². The minimum absolute atomic E-state index is 0.0153. The van der Waals surface area contributed by atoms with Gasteiger partial charge in [0.05, 0.1) is 5.92 Å². The SMILES string of the molecule is C[C@]12CC[C@H]3[C@@H](CCC4=CCC=C[C@@]43C)[C@@H]1CC[C@@H]2C(=O)OCC#N. The van der Waals surface area contributed by atoms with Gasteiger partial charge in [0.25, 0.3) is 0 Å². The van der Waals surface area contributed by atoms with E-state index in [0.717, 1.165) is 37.5 Å². The lowest BCUT2D eigenvalue weighted by Gasteiger charge is -2.56. The molecule has 4 aliphatic rings. The number of hydrogen-bond acceptors (Lipinski definition) is 3. The summed E-state index contributed by atoms with van der Waals surface area (Å²) in [5.74, 6) is 1.91. The van der Waals surface area contributed by atoms with Gasteiger partial charge >= 0.3 is 5.97 Å². The summed E-state index contributed by atoms with van der Waals surface area (Å²) in [6.07, 6.45) is 15.3. The Morgan fingerprint density at radius 3 is 2.92 bits per heavy atom. The summed E-state index contributed by atoms with van der Waals surface area (Å²) < 4.78 is 5.21. The summed E-state index contributed by atoms with van der Waals surface area (Å²) in [5.41, 5.74) is 1.95. The maximum Gasteiger partial charge on any atom is 0.310 e. The van der Waals surface area contributed by atoms with Gasteiger partial charge in [-0.1, -0.05) is 37.6 Å². The van der Waals surface area contributed by atoms with Crippen molar-refractivity contribution in [2.24, 2.45) is 34.5 Å². The number of hydrogen-bond donors (Lipinski definition) is 0. The highest BCUT2D eigenvalue weighted by Crippen LogP contribution is 2.66. The molecule has 3 heteroatoms. The highest BCUT2D eigenvalue weighted by Gasteiger charge is 2.59.